The third kappa shape index (κ3) is 5.29. The molecule has 1 fully saturated rings. The van der Waals surface area contributed by atoms with Crippen molar-refractivity contribution in [3.63, 3.8) is 0 Å². The summed E-state index contributed by atoms with van der Waals surface area (Å²) in [6, 6.07) is 15.4. The molecule has 172 valence electrons. The largest absolute Gasteiger partial charge is 0.335 e. The van der Waals surface area contributed by atoms with E-state index in [9.17, 15) is 22.4 Å². The van der Waals surface area contributed by atoms with Crippen molar-refractivity contribution < 1.29 is 22.4 Å². The van der Waals surface area contributed by atoms with Crippen LogP contribution in [0, 0.1) is 5.82 Å². The molecule has 1 aromatic heterocycles. The zero-order valence-electron chi connectivity index (χ0n) is 17.6. The Morgan fingerprint density at radius 1 is 0.909 bits per heavy atom. The van der Waals surface area contributed by atoms with E-state index in [2.05, 4.69) is 4.72 Å². The van der Waals surface area contributed by atoms with E-state index in [4.69, 9.17) is 0 Å². The van der Waals surface area contributed by atoms with Crippen LogP contribution in [0.5, 0.6) is 0 Å². The predicted octanol–water partition coefficient (Wildman–Crippen LogP) is 2.96. The minimum Gasteiger partial charge on any atom is -0.335 e. The predicted molar refractivity (Wildman–Crippen MR) is 123 cm³/mol. The standard InChI is InChI=1S/C23H22FN3O4S2/c24-21-9-2-1-8-20(21)23(29)27-12-10-26(11-13-27)22(28)17-5-3-7-19(15-17)33(30,31)25-16-18-6-4-14-32-18/h1-9,14-15,25H,10-13,16H2. The summed E-state index contributed by atoms with van der Waals surface area (Å²) in [5.74, 6) is -1.31. The lowest BCUT2D eigenvalue weighted by Gasteiger charge is -2.35. The van der Waals surface area contributed by atoms with Crippen LogP contribution in [0.3, 0.4) is 0 Å². The van der Waals surface area contributed by atoms with E-state index in [1.807, 2.05) is 17.5 Å². The number of amides is 2. The smallest absolute Gasteiger partial charge is 0.256 e. The number of benzene rings is 2. The maximum absolute atomic E-state index is 13.9. The molecule has 0 saturated carbocycles. The molecule has 2 aromatic carbocycles. The van der Waals surface area contributed by atoms with Gasteiger partial charge in [0.05, 0.1) is 10.5 Å². The van der Waals surface area contributed by atoms with Crippen LogP contribution in [-0.4, -0.2) is 56.2 Å². The first-order chi connectivity index (χ1) is 15.8. The molecule has 10 heteroatoms. The zero-order valence-corrected chi connectivity index (χ0v) is 19.2. The monoisotopic (exact) mass is 487 g/mol. The van der Waals surface area contributed by atoms with Crippen molar-refractivity contribution in [2.24, 2.45) is 0 Å². The molecule has 0 bridgehead atoms. The van der Waals surface area contributed by atoms with Gasteiger partial charge in [-0.15, -0.1) is 11.3 Å². The third-order valence-corrected chi connectivity index (χ3v) is 7.64. The molecule has 7 nitrogen and oxygen atoms in total. The Balaban J connectivity index is 1.40. The van der Waals surface area contributed by atoms with Gasteiger partial charge in [0.25, 0.3) is 11.8 Å². The van der Waals surface area contributed by atoms with Crippen molar-refractivity contribution >= 4 is 33.2 Å². The van der Waals surface area contributed by atoms with Crippen LogP contribution >= 0.6 is 11.3 Å². The highest BCUT2D eigenvalue weighted by Gasteiger charge is 2.27. The number of nitrogens with zero attached hydrogens (tertiary/aromatic N) is 2. The van der Waals surface area contributed by atoms with Gasteiger partial charge in [0.2, 0.25) is 10.0 Å². The third-order valence-electron chi connectivity index (χ3n) is 5.37. The van der Waals surface area contributed by atoms with Gasteiger partial charge < -0.3 is 9.80 Å². The fourth-order valence-corrected chi connectivity index (χ4v) is 5.35. The number of carbonyl (C=O) groups is 2. The molecule has 0 atom stereocenters. The van der Waals surface area contributed by atoms with Crippen LogP contribution in [-0.2, 0) is 16.6 Å². The molecular weight excluding hydrogens is 465 g/mol. The number of rotatable bonds is 6. The molecule has 33 heavy (non-hydrogen) atoms. The highest BCUT2D eigenvalue weighted by atomic mass is 32.2. The minimum absolute atomic E-state index is 0.00485. The summed E-state index contributed by atoms with van der Waals surface area (Å²) in [6.45, 7) is 1.24. The summed E-state index contributed by atoms with van der Waals surface area (Å²) in [7, 11) is -3.78. The number of hydrogen-bond acceptors (Lipinski definition) is 5. The first-order valence-electron chi connectivity index (χ1n) is 10.3. The van der Waals surface area contributed by atoms with Crippen LogP contribution in [0.2, 0.25) is 0 Å². The molecule has 2 heterocycles. The van der Waals surface area contributed by atoms with E-state index in [1.165, 1.54) is 52.6 Å². The number of piperazine rings is 1. The normalized spacial score (nSPS) is 14.3. The highest BCUT2D eigenvalue weighted by Crippen LogP contribution is 2.17. The van der Waals surface area contributed by atoms with Gasteiger partial charge in [-0.1, -0.05) is 24.3 Å². The number of carbonyl (C=O) groups excluding carboxylic acids is 2. The van der Waals surface area contributed by atoms with Gasteiger partial charge in [0.1, 0.15) is 5.82 Å². The van der Waals surface area contributed by atoms with Crippen LogP contribution in [0.25, 0.3) is 0 Å². The average Bonchev–Trinajstić information content (AvgIpc) is 3.36. The zero-order chi connectivity index (χ0) is 23.4. The van der Waals surface area contributed by atoms with Crippen LogP contribution in [0.4, 0.5) is 4.39 Å². The van der Waals surface area contributed by atoms with Crippen molar-refractivity contribution in [1.29, 1.82) is 0 Å². The number of thiophene rings is 1. The van der Waals surface area contributed by atoms with Crippen molar-refractivity contribution in [3.8, 4) is 0 Å². The molecule has 0 spiro atoms. The quantitative estimate of drug-likeness (QED) is 0.579. The first kappa shape index (κ1) is 23.1. The van der Waals surface area contributed by atoms with Crippen molar-refractivity contribution in [2.45, 2.75) is 11.4 Å². The molecule has 1 aliphatic heterocycles. The summed E-state index contributed by atoms with van der Waals surface area (Å²) < 4.78 is 41.8. The molecule has 0 radical (unpaired) electrons. The molecule has 0 unspecified atom stereocenters. The molecule has 3 aromatic rings. The number of sulfonamides is 1. The Kier molecular flexibility index (Phi) is 6.87. The summed E-state index contributed by atoms with van der Waals surface area (Å²) >= 11 is 1.45. The summed E-state index contributed by atoms with van der Waals surface area (Å²) in [5, 5.41) is 1.87. The van der Waals surface area contributed by atoms with Gasteiger partial charge in [0, 0.05) is 43.2 Å². The molecular formula is C23H22FN3O4S2. The Morgan fingerprint density at radius 2 is 1.61 bits per heavy atom. The maximum Gasteiger partial charge on any atom is 0.256 e. The summed E-state index contributed by atoms with van der Waals surface area (Å²) in [6.07, 6.45) is 0. The van der Waals surface area contributed by atoms with Crippen molar-refractivity contribution in [2.75, 3.05) is 26.2 Å². The average molecular weight is 488 g/mol. The highest BCUT2D eigenvalue weighted by molar-refractivity contribution is 7.89. The fraction of sp³-hybridized carbons (Fsp3) is 0.217. The molecule has 1 N–H and O–H groups in total. The number of halogens is 1. The Hall–Kier alpha value is -3.08. The van der Waals surface area contributed by atoms with Gasteiger partial charge >= 0.3 is 0 Å². The van der Waals surface area contributed by atoms with E-state index >= 15 is 0 Å². The fourth-order valence-electron chi connectivity index (χ4n) is 3.56. The van der Waals surface area contributed by atoms with Gasteiger partial charge in [-0.2, -0.15) is 0 Å². The van der Waals surface area contributed by atoms with Crippen LogP contribution in [0.1, 0.15) is 25.6 Å². The van der Waals surface area contributed by atoms with E-state index < -0.39 is 21.7 Å². The second-order valence-electron chi connectivity index (χ2n) is 7.50. The van der Waals surface area contributed by atoms with Crippen molar-refractivity contribution in [1.82, 2.24) is 14.5 Å². The second-order valence-corrected chi connectivity index (χ2v) is 10.3. The Morgan fingerprint density at radius 3 is 2.27 bits per heavy atom. The summed E-state index contributed by atoms with van der Waals surface area (Å²) in [5.41, 5.74) is 0.258. The van der Waals surface area contributed by atoms with E-state index in [0.29, 0.717) is 0 Å². The van der Waals surface area contributed by atoms with Crippen LogP contribution < -0.4 is 4.72 Å². The SMILES string of the molecule is O=C(c1cccc(S(=O)(=O)NCc2cccs2)c1)N1CCN(C(=O)c2ccccc2F)CC1. The van der Waals surface area contributed by atoms with Crippen LogP contribution in [0.15, 0.2) is 70.9 Å². The lowest BCUT2D eigenvalue weighted by Crippen LogP contribution is -2.50. The molecule has 1 saturated heterocycles. The number of nitrogens with one attached hydrogen (secondary N) is 1. The lowest BCUT2D eigenvalue weighted by atomic mass is 10.1. The second kappa shape index (κ2) is 9.82. The van der Waals surface area contributed by atoms with Crippen molar-refractivity contribution in [3.05, 3.63) is 87.9 Å². The molecule has 1 aliphatic rings. The summed E-state index contributed by atoms with van der Waals surface area (Å²) in [4.78, 5) is 29.5. The Labute approximate surface area is 195 Å². The molecule has 2 amide bonds. The van der Waals surface area contributed by atoms with Gasteiger partial charge in [-0.25, -0.2) is 17.5 Å². The number of hydrogen-bond donors (Lipinski definition) is 1. The molecule has 0 aliphatic carbocycles. The van der Waals surface area contributed by atoms with Gasteiger partial charge in [-0.3, -0.25) is 9.59 Å². The topological polar surface area (TPSA) is 86.8 Å². The maximum atomic E-state index is 13.9. The van der Waals surface area contributed by atoms with E-state index in [1.54, 1.807) is 17.0 Å². The van der Waals surface area contributed by atoms with Gasteiger partial charge in [-0.05, 0) is 41.8 Å². The van der Waals surface area contributed by atoms with E-state index in [-0.39, 0.29) is 54.7 Å². The first-order valence-corrected chi connectivity index (χ1v) is 12.7. The minimum atomic E-state index is -3.78. The van der Waals surface area contributed by atoms with Gasteiger partial charge in [0.15, 0.2) is 0 Å². The lowest BCUT2D eigenvalue weighted by molar-refractivity contribution is 0.0532. The molecule has 4 rings (SSSR count). The Bertz CT molecular complexity index is 1250. The van der Waals surface area contributed by atoms with E-state index in [0.717, 1.165) is 4.88 Å².